The first kappa shape index (κ1) is 25.2. The molecule has 1 N–H and O–H groups in total. The second-order valence-electron chi connectivity index (χ2n) is 7.84. The summed E-state index contributed by atoms with van der Waals surface area (Å²) in [6.07, 6.45) is 5.59. The Kier molecular flexibility index (Phi) is 7.67. The summed E-state index contributed by atoms with van der Waals surface area (Å²) in [7, 11) is -4.41. The van der Waals surface area contributed by atoms with Gasteiger partial charge in [-0.3, -0.25) is 9.59 Å². The van der Waals surface area contributed by atoms with Crippen molar-refractivity contribution in [3.05, 3.63) is 126 Å². The second kappa shape index (κ2) is 11.2. The van der Waals surface area contributed by atoms with E-state index < -0.39 is 21.8 Å². The fourth-order valence-corrected chi connectivity index (χ4v) is 4.68. The molecular formula is C29H22N2O5S. The standard InChI is InChI=1S/C29H22N2O5S/c1-2-31(29(33)23-14-7-4-8-15-23)26-18-9-10-19-27(26)37(34,35)30-28(32)24-16-11-17-25(20-24)36-21-22-12-5-3-6-13-22/h1,3-20H,21H2,(H,30,32). The molecule has 0 saturated heterocycles. The number of benzene rings is 4. The van der Waals surface area contributed by atoms with Gasteiger partial charge in [-0.1, -0.05) is 73.2 Å². The van der Waals surface area contributed by atoms with E-state index in [0.29, 0.717) is 5.75 Å². The van der Waals surface area contributed by atoms with Gasteiger partial charge in [-0.05, 0) is 48.0 Å². The molecule has 4 aromatic rings. The van der Waals surface area contributed by atoms with Crippen LogP contribution in [0.1, 0.15) is 26.3 Å². The molecule has 0 unspecified atom stereocenters. The minimum Gasteiger partial charge on any atom is -0.489 e. The maximum atomic E-state index is 13.2. The number of amides is 2. The number of para-hydroxylation sites is 1. The van der Waals surface area contributed by atoms with E-state index in [1.807, 2.05) is 30.3 Å². The Balaban J connectivity index is 1.55. The predicted octanol–water partition coefficient (Wildman–Crippen LogP) is 4.62. The maximum absolute atomic E-state index is 13.2. The average molecular weight is 511 g/mol. The largest absolute Gasteiger partial charge is 0.489 e. The summed E-state index contributed by atoms with van der Waals surface area (Å²) in [4.78, 5) is 26.5. The van der Waals surface area contributed by atoms with E-state index >= 15 is 0 Å². The van der Waals surface area contributed by atoms with Crippen LogP contribution < -0.4 is 14.4 Å². The van der Waals surface area contributed by atoms with Crippen LogP contribution in [0.4, 0.5) is 5.69 Å². The molecule has 37 heavy (non-hydrogen) atoms. The Hall–Kier alpha value is -4.87. The lowest BCUT2D eigenvalue weighted by Crippen LogP contribution is -2.33. The number of sulfonamides is 1. The molecule has 7 nitrogen and oxygen atoms in total. The highest BCUT2D eigenvalue weighted by atomic mass is 32.2. The molecular weight excluding hydrogens is 488 g/mol. The van der Waals surface area contributed by atoms with Crippen molar-refractivity contribution < 1.29 is 22.7 Å². The molecule has 8 heteroatoms. The van der Waals surface area contributed by atoms with Gasteiger partial charge in [0.25, 0.3) is 21.8 Å². The van der Waals surface area contributed by atoms with Gasteiger partial charge in [0.2, 0.25) is 0 Å². The van der Waals surface area contributed by atoms with Gasteiger partial charge in [0.1, 0.15) is 17.3 Å². The van der Waals surface area contributed by atoms with Gasteiger partial charge in [0.05, 0.1) is 5.69 Å². The van der Waals surface area contributed by atoms with Crippen LogP contribution in [0.25, 0.3) is 0 Å². The molecule has 0 spiro atoms. The van der Waals surface area contributed by atoms with Crippen LogP contribution in [0.2, 0.25) is 0 Å². The number of nitrogens with one attached hydrogen (secondary N) is 1. The third kappa shape index (κ3) is 6.04. The van der Waals surface area contributed by atoms with E-state index in [1.54, 1.807) is 48.5 Å². The molecule has 184 valence electrons. The summed E-state index contributed by atoms with van der Waals surface area (Å²) in [5, 5.41) is 0. The lowest BCUT2D eigenvalue weighted by molar-refractivity contribution is 0.0978. The molecule has 4 rings (SSSR count). The zero-order valence-electron chi connectivity index (χ0n) is 19.6. The van der Waals surface area contributed by atoms with Crippen LogP contribution >= 0.6 is 0 Å². The monoisotopic (exact) mass is 510 g/mol. The van der Waals surface area contributed by atoms with Crippen LogP contribution in [0.5, 0.6) is 5.75 Å². The van der Waals surface area contributed by atoms with Crippen LogP contribution in [0, 0.1) is 12.5 Å². The van der Waals surface area contributed by atoms with Gasteiger partial charge in [-0.15, -0.1) is 0 Å². The van der Waals surface area contributed by atoms with E-state index in [2.05, 4.69) is 10.8 Å². The van der Waals surface area contributed by atoms with Crippen molar-refractivity contribution in [2.75, 3.05) is 4.90 Å². The quantitative estimate of drug-likeness (QED) is 0.276. The minimum absolute atomic E-state index is 0.0564. The third-order valence-corrected chi connectivity index (χ3v) is 6.70. The number of rotatable bonds is 8. The van der Waals surface area contributed by atoms with Gasteiger partial charge in [0.15, 0.2) is 0 Å². The van der Waals surface area contributed by atoms with E-state index in [9.17, 15) is 18.0 Å². The maximum Gasteiger partial charge on any atom is 0.270 e. The Labute approximate surface area is 215 Å². The van der Waals surface area contributed by atoms with Gasteiger partial charge >= 0.3 is 0 Å². The summed E-state index contributed by atoms with van der Waals surface area (Å²) in [5.41, 5.74) is 1.25. The number of hydrogen-bond acceptors (Lipinski definition) is 5. The van der Waals surface area contributed by atoms with Gasteiger partial charge in [-0.25, -0.2) is 18.0 Å². The number of carbonyl (C=O) groups excluding carboxylic acids is 2. The molecule has 0 aliphatic rings. The summed E-state index contributed by atoms with van der Waals surface area (Å²) < 4.78 is 34.3. The Morgan fingerprint density at radius 2 is 1.43 bits per heavy atom. The van der Waals surface area contributed by atoms with E-state index in [4.69, 9.17) is 11.2 Å². The number of ether oxygens (including phenoxy) is 1. The predicted molar refractivity (Wildman–Crippen MR) is 140 cm³/mol. The van der Waals surface area contributed by atoms with Crippen LogP contribution in [0.3, 0.4) is 0 Å². The minimum atomic E-state index is -4.41. The molecule has 0 heterocycles. The first-order valence-electron chi connectivity index (χ1n) is 11.2. The molecule has 0 fully saturated rings. The van der Waals surface area contributed by atoms with Crippen molar-refractivity contribution in [3.8, 4) is 18.2 Å². The molecule has 0 bridgehead atoms. The van der Waals surface area contributed by atoms with Crippen molar-refractivity contribution in [1.82, 2.24) is 4.72 Å². The lowest BCUT2D eigenvalue weighted by atomic mass is 10.2. The topological polar surface area (TPSA) is 92.8 Å². The van der Waals surface area contributed by atoms with Crippen LogP contribution in [0.15, 0.2) is 114 Å². The highest BCUT2D eigenvalue weighted by Crippen LogP contribution is 2.26. The Morgan fingerprint density at radius 1 is 0.811 bits per heavy atom. The van der Waals surface area contributed by atoms with E-state index in [0.717, 1.165) is 10.5 Å². The van der Waals surface area contributed by atoms with Crippen molar-refractivity contribution in [2.45, 2.75) is 11.5 Å². The fraction of sp³-hybridized carbons (Fsp3) is 0.0345. The highest BCUT2D eigenvalue weighted by Gasteiger charge is 2.27. The molecule has 0 aromatic heterocycles. The summed E-state index contributed by atoms with van der Waals surface area (Å²) >= 11 is 0. The number of carbonyl (C=O) groups is 2. The Bertz CT molecular complexity index is 1560. The van der Waals surface area contributed by atoms with Gasteiger partial charge < -0.3 is 4.74 Å². The van der Waals surface area contributed by atoms with Crippen molar-refractivity contribution in [2.24, 2.45) is 0 Å². The molecule has 0 saturated carbocycles. The molecule has 4 aromatic carbocycles. The molecule has 2 amide bonds. The lowest BCUT2D eigenvalue weighted by Gasteiger charge is -2.19. The zero-order valence-corrected chi connectivity index (χ0v) is 20.4. The smallest absolute Gasteiger partial charge is 0.270 e. The van der Waals surface area contributed by atoms with Crippen molar-refractivity contribution in [1.29, 1.82) is 0 Å². The van der Waals surface area contributed by atoms with Crippen molar-refractivity contribution >= 4 is 27.5 Å². The summed E-state index contributed by atoms with van der Waals surface area (Å²) in [5.74, 6) is -1.04. The number of hydrogen-bond donors (Lipinski definition) is 1. The molecule has 0 radical (unpaired) electrons. The normalized spacial score (nSPS) is 10.7. The number of anilines is 1. The van der Waals surface area contributed by atoms with Crippen molar-refractivity contribution in [3.63, 3.8) is 0 Å². The highest BCUT2D eigenvalue weighted by molar-refractivity contribution is 7.90. The van der Waals surface area contributed by atoms with E-state index in [1.165, 1.54) is 30.3 Å². The SMILES string of the molecule is C#CN(C(=O)c1ccccc1)c1ccccc1S(=O)(=O)NC(=O)c1cccc(OCc2ccccc2)c1. The fourth-order valence-electron chi connectivity index (χ4n) is 3.52. The second-order valence-corrected chi connectivity index (χ2v) is 9.49. The summed E-state index contributed by atoms with van der Waals surface area (Å²) in [6.45, 7) is 0.287. The van der Waals surface area contributed by atoms with E-state index in [-0.39, 0.29) is 28.3 Å². The van der Waals surface area contributed by atoms with Crippen LogP contribution in [-0.2, 0) is 16.6 Å². The third-order valence-electron chi connectivity index (χ3n) is 5.32. The zero-order chi connectivity index (χ0) is 26.3. The number of terminal acetylenes is 1. The molecule has 0 aliphatic heterocycles. The van der Waals surface area contributed by atoms with Gasteiger partial charge in [-0.2, -0.15) is 0 Å². The van der Waals surface area contributed by atoms with Gasteiger partial charge in [0, 0.05) is 17.2 Å². The molecule has 0 atom stereocenters. The summed E-state index contributed by atoms with van der Waals surface area (Å²) in [6, 6.07) is 31.8. The molecule has 0 aliphatic carbocycles. The Morgan fingerprint density at radius 3 is 2.14 bits per heavy atom. The van der Waals surface area contributed by atoms with Crippen LogP contribution in [-0.4, -0.2) is 20.2 Å². The average Bonchev–Trinajstić information content (AvgIpc) is 2.93. The first-order valence-corrected chi connectivity index (χ1v) is 12.7. The first-order chi connectivity index (χ1) is 17.9. The number of nitrogens with zero attached hydrogens (tertiary/aromatic N) is 1.